The molecule has 0 saturated carbocycles. The smallest absolute Gasteiger partial charge is 0.271 e. The molecule has 0 radical (unpaired) electrons. The summed E-state index contributed by atoms with van der Waals surface area (Å²) in [5.41, 5.74) is 2.72. The Morgan fingerprint density at radius 1 is 1.54 bits per heavy atom. The van der Waals surface area contributed by atoms with Crippen LogP contribution in [0.15, 0.2) is 16.8 Å². The second kappa shape index (κ2) is 4.08. The van der Waals surface area contributed by atoms with Crippen molar-refractivity contribution in [2.45, 2.75) is 18.6 Å². The first-order valence-electron chi connectivity index (χ1n) is 3.58. The van der Waals surface area contributed by atoms with Crippen molar-refractivity contribution < 1.29 is 13.2 Å². The minimum atomic E-state index is -4.20. The first kappa shape index (κ1) is 10.5. The Labute approximate surface area is 77.5 Å². The van der Waals surface area contributed by atoms with E-state index in [0.29, 0.717) is 5.56 Å². The van der Waals surface area contributed by atoms with E-state index in [2.05, 4.69) is 5.43 Å². The van der Waals surface area contributed by atoms with E-state index >= 15 is 0 Å². The molecule has 0 saturated heterocycles. The molecule has 0 aliphatic carbocycles. The predicted molar refractivity (Wildman–Crippen MR) is 45.1 cm³/mol. The molecule has 0 aliphatic rings. The predicted octanol–water partition coefficient (Wildman–Crippen LogP) is 2.20. The zero-order valence-electron chi connectivity index (χ0n) is 6.64. The molecule has 3 N–H and O–H groups in total. The summed E-state index contributed by atoms with van der Waals surface area (Å²) in [5.74, 6) is 5.03. The van der Waals surface area contributed by atoms with Crippen LogP contribution < -0.4 is 11.3 Å². The van der Waals surface area contributed by atoms with Crippen molar-refractivity contribution in [2.75, 3.05) is 0 Å². The average molecular weight is 210 g/mol. The molecule has 2 nitrogen and oxygen atoms in total. The molecular formula is C7H9F3N2S. The van der Waals surface area contributed by atoms with E-state index < -0.39 is 18.6 Å². The first-order valence-corrected chi connectivity index (χ1v) is 4.52. The Hall–Kier alpha value is -0.590. The molecule has 0 bridgehead atoms. The molecule has 6 heteroatoms. The Balaban J connectivity index is 2.64. The number of nitrogens with one attached hydrogen (secondary N) is 1. The summed E-state index contributed by atoms with van der Waals surface area (Å²) in [6, 6.07) is 0.784. The minimum absolute atomic E-state index is 0.574. The van der Waals surface area contributed by atoms with Crippen molar-refractivity contribution >= 4 is 11.3 Å². The van der Waals surface area contributed by atoms with Crippen molar-refractivity contribution in [1.29, 1.82) is 0 Å². The number of hydrazine groups is 1. The summed E-state index contributed by atoms with van der Waals surface area (Å²) in [7, 11) is 0. The maximum Gasteiger partial charge on any atom is 0.390 e. The third-order valence-corrected chi connectivity index (χ3v) is 2.28. The lowest BCUT2D eigenvalue weighted by Crippen LogP contribution is -2.31. The Morgan fingerprint density at radius 3 is 2.62 bits per heavy atom. The molecule has 1 aromatic rings. The summed E-state index contributed by atoms with van der Waals surface area (Å²) in [6.07, 6.45) is -5.14. The second-order valence-electron chi connectivity index (χ2n) is 2.60. The molecule has 1 unspecified atom stereocenters. The van der Waals surface area contributed by atoms with Gasteiger partial charge in [-0.05, 0) is 22.4 Å². The van der Waals surface area contributed by atoms with Crippen molar-refractivity contribution in [3.05, 3.63) is 22.4 Å². The minimum Gasteiger partial charge on any atom is -0.271 e. The van der Waals surface area contributed by atoms with E-state index in [1.54, 1.807) is 16.8 Å². The van der Waals surface area contributed by atoms with Crippen LogP contribution in [-0.4, -0.2) is 6.18 Å². The van der Waals surface area contributed by atoms with Gasteiger partial charge in [-0.25, -0.2) is 0 Å². The third kappa shape index (κ3) is 3.33. The number of rotatable bonds is 3. The van der Waals surface area contributed by atoms with Crippen molar-refractivity contribution in [1.82, 2.24) is 5.43 Å². The van der Waals surface area contributed by atoms with Crippen molar-refractivity contribution in [2.24, 2.45) is 5.84 Å². The lowest BCUT2D eigenvalue weighted by atomic mass is 10.1. The largest absolute Gasteiger partial charge is 0.390 e. The van der Waals surface area contributed by atoms with Crippen molar-refractivity contribution in [3.8, 4) is 0 Å². The first-order chi connectivity index (χ1) is 6.03. The van der Waals surface area contributed by atoms with Gasteiger partial charge in [-0.2, -0.15) is 24.5 Å². The quantitative estimate of drug-likeness (QED) is 0.593. The molecule has 0 fully saturated rings. The van der Waals surface area contributed by atoms with E-state index in [-0.39, 0.29) is 0 Å². The molecule has 74 valence electrons. The number of halogens is 3. The second-order valence-corrected chi connectivity index (χ2v) is 3.38. The van der Waals surface area contributed by atoms with Crippen LogP contribution in [0.25, 0.3) is 0 Å². The Bertz CT molecular complexity index is 245. The zero-order valence-corrected chi connectivity index (χ0v) is 7.45. The van der Waals surface area contributed by atoms with E-state index in [9.17, 15) is 13.2 Å². The number of thiophene rings is 1. The number of hydrogen-bond acceptors (Lipinski definition) is 3. The van der Waals surface area contributed by atoms with Gasteiger partial charge in [-0.3, -0.25) is 11.3 Å². The van der Waals surface area contributed by atoms with E-state index in [1.807, 2.05) is 0 Å². The molecule has 1 atom stereocenters. The van der Waals surface area contributed by atoms with Crippen LogP contribution in [0.1, 0.15) is 18.0 Å². The van der Waals surface area contributed by atoms with Crippen LogP contribution in [0, 0.1) is 0 Å². The van der Waals surface area contributed by atoms with Gasteiger partial charge in [0, 0.05) is 0 Å². The van der Waals surface area contributed by atoms with E-state index in [0.717, 1.165) is 0 Å². The van der Waals surface area contributed by atoms with Crippen LogP contribution >= 0.6 is 11.3 Å². The van der Waals surface area contributed by atoms with Gasteiger partial charge in [0.1, 0.15) is 0 Å². The highest BCUT2D eigenvalue weighted by molar-refractivity contribution is 7.07. The fourth-order valence-electron chi connectivity index (χ4n) is 0.978. The molecule has 1 rings (SSSR count). The standard InChI is InChI=1S/C7H9F3N2S/c8-7(9,10)3-6(12-11)5-1-2-13-4-5/h1-2,4,6,12H,3,11H2. The molecule has 0 spiro atoms. The monoisotopic (exact) mass is 210 g/mol. The molecular weight excluding hydrogens is 201 g/mol. The molecule has 0 aromatic carbocycles. The van der Waals surface area contributed by atoms with Gasteiger partial charge in [-0.1, -0.05) is 0 Å². The maximum absolute atomic E-state index is 12.0. The molecule has 13 heavy (non-hydrogen) atoms. The van der Waals surface area contributed by atoms with Gasteiger partial charge in [0.15, 0.2) is 0 Å². The van der Waals surface area contributed by atoms with Gasteiger partial charge in [0.2, 0.25) is 0 Å². The van der Waals surface area contributed by atoms with E-state index in [4.69, 9.17) is 5.84 Å². The average Bonchev–Trinajstić information content (AvgIpc) is 2.50. The Morgan fingerprint density at radius 2 is 2.23 bits per heavy atom. The van der Waals surface area contributed by atoms with E-state index in [1.165, 1.54) is 11.3 Å². The summed E-state index contributed by atoms with van der Waals surface area (Å²) in [4.78, 5) is 0. The van der Waals surface area contributed by atoms with Gasteiger partial charge in [0.25, 0.3) is 0 Å². The molecule has 0 aliphatic heterocycles. The highest BCUT2D eigenvalue weighted by atomic mass is 32.1. The fourth-order valence-corrected chi connectivity index (χ4v) is 1.69. The Kier molecular flexibility index (Phi) is 3.29. The van der Waals surface area contributed by atoms with Crippen LogP contribution in [0.5, 0.6) is 0 Å². The zero-order chi connectivity index (χ0) is 9.90. The topological polar surface area (TPSA) is 38.0 Å². The number of nitrogens with two attached hydrogens (primary N) is 1. The lowest BCUT2D eigenvalue weighted by Gasteiger charge is -2.16. The van der Waals surface area contributed by atoms with Gasteiger partial charge in [0.05, 0.1) is 12.5 Å². The lowest BCUT2D eigenvalue weighted by molar-refractivity contribution is -0.140. The molecule has 1 heterocycles. The summed E-state index contributed by atoms with van der Waals surface area (Å²) in [6.45, 7) is 0. The fraction of sp³-hybridized carbons (Fsp3) is 0.429. The normalized spacial score (nSPS) is 14.5. The van der Waals surface area contributed by atoms with Gasteiger partial charge in [-0.15, -0.1) is 0 Å². The van der Waals surface area contributed by atoms with Crippen LogP contribution in [0.2, 0.25) is 0 Å². The summed E-state index contributed by atoms with van der Waals surface area (Å²) < 4.78 is 36.0. The third-order valence-electron chi connectivity index (χ3n) is 1.58. The molecule has 0 amide bonds. The molecule has 1 aromatic heterocycles. The maximum atomic E-state index is 12.0. The SMILES string of the molecule is NNC(CC(F)(F)F)c1ccsc1. The van der Waals surface area contributed by atoms with Gasteiger partial charge >= 0.3 is 6.18 Å². The number of alkyl halides is 3. The van der Waals surface area contributed by atoms with Crippen LogP contribution in [-0.2, 0) is 0 Å². The van der Waals surface area contributed by atoms with Crippen LogP contribution in [0.4, 0.5) is 13.2 Å². The highest BCUT2D eigenvalue weighted by Crippen LogP contribution is 2.29. The van der Waals surface area contributed by atoms with Crippen LogP contribution in [0.3, 0.4) is 0 Å². The highest BCUT2D eigenvalue weighted by Gasteiger charge is 2.32. The summed E-state index contributed by atoms with van der Waals surface area (Å²) in [5, 5.41) is 3.37. The summed E-state index contributed by atoms with van der Waals surface area (Å²) >= 11 is 1.35. The number of hydrogen-bond donors (Lipinski definition) is 2. The van der Waals surface area contributed by atoms with Gasteiger partial charge < -0.3 is 0 Å². The van der Waals surface area contributed by atoms with Crippen molar-refractivity contribution in [3.63, 3.8) is 0 Å².